The molecule has 1 aliphatic rings. The van der Waals surface area contributed by atoms with E-state index in [-0.39, 0.29) is 5.82 Å². The topological polar surface area (TPSA) is 72.9 Å². The summed E-state index contributed by atoms with van der Waals surface area (Å²) in [5, 5.41) is 5.43. The predicted molar refractivity (Wildman–Crippen MR) is 132 cm³/mol. The number of nitrogens with two attached hydrogens (primary N) is 1. The average molecular weight is 451 g/mol. The van der Waals surface area contributed by atoms with Gasteiger partial charge in [0.15, 0.2) is 5.65 Å². The van der Waals surface area contributed by atoms with Gasteiger partial charge in [0.25, 0.3) is 0 Å². The molecule has 1 aliphatic heterocycles. The quantitative estimate of drug-likeness (QED) is 0.425. The fourth-order valence-electron chi connectivity index (χ4n) is 4.54. The van der Waals surface area contributed by atoms with E-state index >= 15 is 0 Å². The fraction of sp³-hybridized carbons (Fsp3) is 0.148. The molecule has 168 valence electrons. The Bertz CT molecular complexity index is 1480. The Morgan fingerprint density at radius 2 is 1.59 bits per heavy atom. The summed E-state index contributed by atoms with van der Waals surface area (Å²) in [6.45, 7) is 2.06. The van der Waals surface area contributed by atoms with E-state index in [0.29, 0.717) is 35.0 Å². The molecule has 6 nitrogen and oxygen atoms in total. The molecule has 3 heterocycles. The molecule has 7 heteroatoms. The summed E-state index contributed by atoms with van der Waals surface area (Å²) in [5.41, 5.74) is 12.3. The first-order valence-corrected chi connectivity index (χ1v) is 11.3. The van der Waals surface area contributed by atoms with Gasteiger partial charge in [-0.3, -0.25) is 0 Å². The maximum atomic E-state index is 13.7. The van der Waals surface area contributed by atoms with Crippen molar-refractivity contribution in [2.24, 2.45) is 0 Å². The number of aromatic nitrogens is 4. The highest BCUT2D eigenvalue weighted by Crippen LogP contribution is 2.33. The van der Waals surface area contributed by atoms with Crippen LogP contribution in [0.1, 0.15) is 16.7 Å². The van der Waals surface area contributed by atoms with Gasteiger partial charge in [-0.25, -0.2) is 14.1 Å². The van der Waals surface area contributed by atoms with Crippen molar-refractivity contribution in [3.05, 3.63) is 101 Å². The van der Waals surface area contributed by atoms with E-state index in [1.807, 2.05) is 30.3 Å². The number of anilines is 2. The van der Waals surface area contributed by atoms with Gasteiger partial charge < -0.3 is 10.6 Å². The van der Waals surface area contributed by atoms with Crippen LogP contribution in [0.2, 0.25) is 0 Å². The Morgan fingerprint density at radius 3 is 2.38 bits per heavy atom. The number of hydrogen-bond acceptors (Lipinski definition) is 5. The number of rotatable bonds is 4. The van der Waals surface area contributed by atoms with E-state index in [0.717, 1.165) is 30.6 Å². The molecule has 0 fully saturated rings. The van der Waals surface area contributed by atoms with E-state index in [9.17, 15) is 4.39 Å². The number of nitrogen functional groups attached to an aromatic ring is 1. The van der Waals surface area contributed by atoms with E-state index < -0.39 is 0 Å². The number of benzene rings is 3. The smallest absolute Gasteiger partial charge is 0.228 e. The summed E-state index contributed by atoms with van der Waals surface area (Å²) in [5.74, 6) is 0.800. The molecule has 34 heavy (non-hydrogen) atoms. The van der Waals surface area contributed by atoms with Crippen LogP contribution in [0, 0.1) is 5.82 Å². The third-order valence-electron chi connectivity index (χ3n) is 6.33. The van der Waals surface area contributed by atoms with Crippen LogP contribution in [-0.4, -0.2) is 26.3 Å². The summed E-state index contributed by atoms with van der Waals surface area (Å²) in [7, 11) is 0. The highest BCUT2D eigenvalue weighted by molar-refractivity contribution is 5.99. The third-order valence-corrected chi connectivity index (χ3v) is 6.33. The second kappa shape index (κ2) is 8.26. The van der Waals surface area contributed by atoms with Gasteiger partial charge in [-0.05, 0) is 47.4 Å². The highest BCUT2D eigenvalue weighted by atomic mass is 19.1. The lowest BCUT2D eigenvalue weighted by Crippen LogP contribution is -2.31. The SMILES string of the molecule is Nc1c2c(-c3ccc(F)cc3)nc(N3CCc4ccccc4C3)nc2nn1Cc1ccccc1. The molecule has 5 aromatic rings. The van der Waals surface area contributed by atoms with Crippen LogP contribution >= 0.6 is 0 Å². The minimum atomic E-state index is -0.297. The van der Waals surface area contributed by atoms with Gasteiger partial charge in [0.2, 0.25) is 5.95 Å². The zero-order valence-corrected chi connectivity index (χ0v) is 18.5. The minimum Gasteiger partial charge on any atom is -0.383 e. The van der Waals surface area contributed by atoms with Crippen molar-refractivity contribution in [3.63, 3.8) is 0 Å². The average Bonchev–Trinajstić information content (AvgIpc) is 3.19. The normalized spacial score (nSPS) is 13.3. The maximum Gasteiger partial charge on any atom is 0.228 e. The zero-order chi connectivity index (χ0) is 23.1. The number of fused-ring (bicyclic) bond motifs is 2. The van der Waals surface area contributed by atoms with Gasteiger partial charge in [0, 0.05) is 18.7 Å². The first-order chi connectivity index (χ1) is 16.7. The molecule has 0 spiro atoms. The molecule has 2 N–H and O–H groups in total. The van der Waals surface area contributed by atoms with E-state index in [1.165, 1.54) is 23.3 Å². The predicted octanol–water partition coefficient (Wildman–Crippen LogP) is 4.83. The summed E-state index contributed by atoms with van der Waals surface area (Å²) in [6.07, 6.45) is 0.925. The maximum absolute atomic E-state index is 13.7. The fourth-order valence-corrected chi connectivity index (χ4v) is 4.54. The molecule has 0 amide bonds. The standard InChI is InChI=1S/C27H23FN6/c28-22-12-10-20(11-13-22)24-23-25(29)34(16-18-6-2-1-3-7-18)32-26(23)31-27(30-24)33-15-14-19-8-4-5-9-21(19)17-33/h1-13H,14-17,29H2. The number of halogens is 1. The van der Waals surface area contributed by atoms with E-state index in [4.69, 9.17) is 20.8 Å². The molecule has 0 saturated heterocycles. The monoisotopic (exact) mass is 450 g/mol. The van der Waals surface area contributed by atoms with Gasteiger partial charge in [0.05, 0.1) is 17.6 Å². The van der Waals surface area contributed by atoms with Crippen LogP contribution in [0.3, 0.4) is 0 Å². The first-order valence-electron chi connectivity index (χ1n) is 11.3. The van der Waals surface area contributed by atoms with Crippen molar-refractivity contribution in [1.29, 1.82) is 0 Å². The van der Waals surface area contributed by atoms with Crippen LogP contribution in [0.4, 0.5) is 16.2 Å². The lowest BCUT2D eigenvalue weighted by atomic mass is 10.0. The second-order valence-electron chi connectivity index (χ2n) is 8.55. The molecule has 0 saturated carbocycles. The Hall–Kier alpha value is -4.26. The number of hydrogen-bond donors (Lipinski definition) is 1. The lowest BCUT2D eigenvalue weighted by molar-refractivity contribution is 0.628. The molecule has 0 bridgehead atoms. The Labute approximate surface area is 196 Å². The minimum absolute atomic E-state index is 0.297. The van der Waals surface area contributed by atoms with E-state index in [2.05, 4.69) is 29.2 Å². The second-order valence-corrected chi connectivity index (χ2v) is 8.55. The largest absolute Gasteiger partial charge is 0.383 e. The summed E-state index contributed by atoms with van der Waals surface area (Å²) in [6, 6.07) is 24.8. The molecule has 0 radical (unpaired) electrons. The number of nitrogens with zero attached hydrogens (tertiary/aromatic N) is 5. The zero-order valence-electron chi connectivity index (χ0n) is 18.5. The van der Waals surface area contributed by atoms with Crippen LogP contribution < -0.4 is 10.6 Å². The van der Waals surface area contributed by atoms with Crippen LogP contribution in [-0.2, 0) is 19.5 Å². The molecular formula is C27H23FN6. The Morgan fingerprint density at radius 1 is 0.853 bits per heavy atom. The summed E-state index contributed by atoms with van der Waals surface area (Å²) in [4.78, 5) is 11.9. The van der Waals surface area contributed by atoms with Crippen LogP contribution in [0.25, 0.3) is 22.3 Å². The Kier molecular flexibility index (Phi) is 4.95. The molecular weight excluding hydrogens is 427 g/mol. The van der Waals surface area contributed by atoms with E-state index in [1.54, 1.807) is 16.8 Å². The molecule has 6 rings (SSSR count). The molecule has 3 aromatic carbocycles. The van der Waals surface area contributed by atoms with Gasteiger partial charge in [-0.15, -0.1) is 5.10 Å². The van der Waals surface area contributed by atoms with Crippen LogP contribution in [0.5, 0.6) is 0 Å². The molecule has 2 aromatic heterocycles. The highest BCUT2D eigenvalue weighted by Gasteiger charge is 2.23. The van der Waals surface area contributed by atoms with Gasteiger partial charge >= 0.3 is 0 Å². The van der Waals surface area contributed by atoms with Gasteiger partial charge in [-0.1, -0.05) is 54.6 Å². The lowest BCUT2D eigenvalue weighted by Gasteiger charge is -2.29. The van der Waals surface area contributed by atoms with Crippen molar-refractivity contribution in [1.82, 2.24) is 19.7 Å². The Balaban J connectivity index is 1.48. The summed E-state index contributed by atoms with van der Waals surface area (Å²) < 4.78 is 15.4. The van der Waals surface area contributed by atoms with Gasteiger partial charge in [0.1, 0.15) is 11.6 Å². The van der Waals surface area contributed by atoms with Crippen molar-refractivity contribution in [3.8, 4) is 11.3 Å². The van der Waals surface area contributed by atoms with Crippen molar-refractivity contribution in [2.75, 3.05) is 17.2 Å². The molecule has 0 unspecified atom stereocenters. The first kappa shape index (κ1) is 20.4. The van der Waals surface area contributed by atoms with Crippen molar-refractivity contribution in [2.45, 2.75) is 19.5 Å². The van der Waals surface area contributed by atoms with Crippen LogP contribution in [0.15, 0.2) is 78.9 Å². The van der Waals surface area contributed by atoms with Crippen molar-refractivity contribution < 1.29 is 4.39 Å². The van der Waals surface area contributed by atoms with Crippen molar-refractivity contribution >= 4 is 22.8 Å². The third kappa shape index (κ3) is 3.65. The summed E-state index contributed by atoms with van der Waals surface area (Å²) >= 11 is 0. The molecule has 0 aliphatic carbocycles. The molecule has 0 atom stereocenters. The van der Waals surface area contributed by atoms with Gasteiger partial charge in [-0.2, -0.15) is 4.98 Å².